The lowest BCUT2D eigenvalue weighted by Gasteiger charge is -2.43. The molecule has 3 nitrogen and oxygen atoms in total. The quantitative estimate of drug-likeness (QED) is 0.475. The largest absolute Gasteiger partial charge is 0.360 e. The summed E-state index contributed by atoms with van der Waals surface area (Å²) in [6.07, 6.45) is 0.0469. The van der Waals surface area contributed by atoms with Crippen molar-refractivity contribution in [1.82, 2.24) is 4.90 Å². The molecule has 0 radical (unpaired) electrons. The highest BCUT2D eigenvalue weighted by molar-refractivity contribution is 6.33. The summed E-state index contributed by atoms with van der Waals surface area (Å²) in [6, 6.07) is 20.0. The Labute approximate surface area is 192 Å². The van der Waals surface area contributed by atoms with Gasteiger partial charge in [-0.05, 0) is 53.9 Å². The lowest BCUT2D eigenvalue weighted by Crippen LogP contribution is -2.51. The van der Waals surface area contributed by atoms with Crippen LogP contribution in [0, 0.1) is 12.7 Å². The summed E-state index contributed by atoms with van der Waals surface area (Å²) in [6.45, 7) is 3.66. The van der Waals surface area contributed by atoms with Crippen LogP contribution >= 0.6 is 23.2 Å². The number of hydrogen-bond donors (Lipinski definition) is 0. The molecular formula is C25H23Cl2FN2O. The molecule has 1 saturated heterocycles. The van der Waals surface area contributed by atoms with Crippen molar-refractivity contribution in [1.29, 1.82) is 0 Å². The average Bonchev–Trinajstić information content (AvgIpc) is 2.76. The molecule has 6 heteroatoms. The number of aryl methyl sites for hydroxylation is 1. The third kappa shape index (κ3) is 4.86. The highest BCUT2D eigenvalue weighted by Crippen LogP contribution is 2.36. The first-order valence-corrected chi connectivity index (χ1v) is 11.0. The molecule has 1 aliphatic rings. The molecule has 0 aromatic heterocycles. The Hall–Kier alpha value is -2.56. The van der Waals surface area contributed by atoms with Gasteiger partial charge >= 0.3 is 0 Å². The van der Waals surface area contributed by atoms with Crippen LogP contribution < -0.4 is 4.90 Å². The van der Waals surface area contributed by atoms with Gasteiger partial charge in [-0.25, -0.2) is 4.39 Å². The Morgan fingerprint density at radius 3 is 2.48 bits per heavy atom. The van der Waals surface area contributed by atoms with Crippen LogP contribution in [0.5, 0.6) is 0 Å². The van der Waals surface area contributed by atoms with Crippen molar-refractivity contribution >= 4 is 34.8 Å². The first-order valence-electron chi connectivity index (χ1n) is 10.2. The van der Waals surface area contributed by atoms with Crippen molar-refractivity contribution in [3.63, 3.8) is 0 Å². The van der Waals surface area contributed by atoms with Gasteiger partial charge in [-0.1, -0.05) is 59.6 Å². The third-order valence-electron chi connectivity index (χ3n) is 5.70. The second-order valence-electron chi connectivity index (χ2n) is 7.82. The Kier molecular flexibility index (Phi) is 6.49. The Bertz CT molecular complexity index is 1090. The molecule has 1 fully saturated rings. The molecule has 3 aromatic carbocycles. The van der Waals surface area contributed by atoms with Crippen molar-refractivity contribution in [3.8, 4) is 0 Å². The SMILES string of the molecule is Cc1ccc(N2CCN(C(=O)Cc3ccccc3F)CC2c2ccc(Cl)cc2)c(Cl)c1. The van der Waals surface area contributed by atoms with E-state index in [0.717, 1.165) is 16.8 Å². The predicted octanol–water partition coefficient (Wildman–Crippen LogP) is 6.07. The van der Waals surface area contributed by atoms with Crippen LogP contribution in [0.4, 0.5) is 10.1 Å². The van der Waals surface area contributed by atoms with E-state index >= 15 is 0 Å². The molecule has 0 spiro atoms. The van der Waals surface area contributed by atoms with Crippen molar-refractivity contribution < 1.29 is 9.18 Å². The van der Waals surface area contributed by atoms with Gasteiger partial charge in [0.05, 0.1) is 23.2 Å². The minimum atomic E-state index is -0.352. The zero-order valence-electron chi connectivity index (χ0n) is 17.2. The lowest BCUT2D eigenvalue weighted by atomic mass is 10.00. The topological polar surface area (TPSA) is 23.6 Å². The molecule has 1 atom stereocenters. The summed E-state index contributed by atoms with van der Waals surface area (Å²) in [4.78, 5) is 17.0. The van der Waals surface area contributed by atoms with Crippen LogP contribution in [0.15, 0.2) is 66.7 Å². The number of rotatable bonds is 4. The Morgan fingerprint density at radius 2 is 1.77 bits per heavy atom. The number of amides is 1. The normalized spacial score (nSPS) is 16.5. The van der Waals surface area contributed by atoms with Gasteiger partial charge in [0, 0.05) is 24.7 Å². The standard InChI is InChI=1S/C25H23Cl2FN2O/c1-17-6-11-23(21(27)14-17)30-13-12-29(16-24(30)18-7-9-20(26)10-8-18)25(31)15-19-4-2-3-5-22(19)28/h2-11,14,24H,12-13,15-16H2,1H3. The summed E-state index contributed by atoms with van der Waals surface area (Å²) in [5, 5.41) is 1.34. The number of carbonyl (C=O) groups is 1. The van der Waals surface area contributed by atoms with E-state index in [4.69, 9.17) is 23.2 Å². The highest BCUT2D eigenvalue weighted by Gasteiger charge is 2.32. The maximum Gasteiger partial charge on any atom is 0.227 e. The monoisotopic (exact) mass is 456 g/mol. The lowest BCUT2D eigenvalue weighted by molar-refractivity contribution is -0.131. The summed E-state index contributed by atoms with van der Waals surface area (Å²) >= 11 is 12.7. The maximum absolute atomic E-state index is 14.1. The van der Waals surface area contributed by atoms with Gasteiger partial charge < -0.3 is 9.80 Å². The molecule has 1 amide bonds. The minimum Gasteiger partial charge on any atom is -0.360 e. The Morgan fingerprint density at radius 1 is 1.03 bits per heavy atom. The molecule has 4 rings (SSSR count). The number of nitrogens with zero attached hydrogens (tertiary/aromatic N) is 2. The summed E-state index contributed by atoms with van der Waals surface area (Å²) in [7, 11) is 0. The molecular weight excluding hydrogens is 434 g/mol. The number of carbonyl (C=O) groups excluding carboxylic acids is 1. The minimum absolute atomic E-state index is 0.0469. The zero-order valence-corrected chi connectivity index (χ0v) is 18.7. The summed E-state index contributed by atoms with van der Waals surface area (Å²) in [5.74, 6) is -0.436. The van der Waals surface area contributed by atoms with E-state index < -0.39 is 0 Å². The first kappa shape index (κ1) is 21.7. The van der Waals surface area contributed by atoms with Crippen molar-refractivity contribution in [3.05, 3.63) is 99.3 Å². The van der Waals surface area contributed by atoms with Gasteiger partial charge in [-0.3, -0.25) is 4.79 Å². The van der Waals surface area contributed by atoms with Crippen LogP contribution in [0.3, 0.4) is 0 Å². The fourth-order valence-corrected chi connectivity index (χ4v) is 4.50. The van der Waals surface area contributed by atoms with Gasteiger partial charge in [0.25, 0.3) is 0 Å². The highest BCUT2D eigenvalue weighted by atomic mass is 35.5. The van der Waals surface area contributed by atoms with Crippen molar-refractivity contribution in [2.24, 2.45) is 0 Å². The predicted molar refractivity (Wildman–Crippen MR) is 124 cm³/mol. The molecule has 1 aliphatic heterocycles. The maximum atomic E-state index is 14.1. The fraction of sp³-hybridized carbons (Fsp3) is 0.240. The molecule has 0 N–H and O–H groups in total. The first-order chi connectivity index (χ1) is 14.9. The third-order valence-corrected chi connectivity index (χ3v) is 6.25. The molecule has 0 aliphatic carbocycles. The number of anilines is 1. The Balaban J connectivity index is 1.61. The average molecular weight is 457 g/mol. The van der Waals surface area contributed by atoms with Crippen LogP contribution in [-0.2, 0) is 11.2 Å². The summed E-state index contributed by atoms with van der Waals surface area (Å²) < 4.78 is 14.1. The smallest absolute Gasteiger partial charge is 0.227 e. The van der Waals surface area contributed by atoms with Gasteiger partial charge in [0.1, 0.15) is 5.82 Å². The van der Waals surface area contributed by atoms with Crippen LogP contribution in [0.1, 0.15) is 22.7 Å². The number of halogens is 3. The molecule has 3 aromatic rings. The van der Waals surface area contributed by atoms with E-state index in [1.54, 1.807) is 18.2 Å². The molecule has 0 bridgehead atoms. The number of hydrogen-bond acceptors (Lipinski definition) is 2. The fourth-order valence-electron chi connectivity index (χ4n) is 4.03. The zero-order chi connectivity index (χ0) is 22.0. The van der Waals surface area contributed by atoms with E-state index in [9.17, 15) is 9.18 Å². The second-order valence-corrected chi connectivity index (χ2v) is 8.67. The molecule has 0 saturated carbocycles. The molecule has 31 heavy (non-hydrogen) atoms. The van der Waals surface area contributed by atoms with E-state index in [1.807, 2.05) is 54.3 Å². The van der Waals surface area contributed by atoms with Crippen LogP contribution in [0.25, 0.3) is 0 Å². The van der Waals surface area contributed by atoms with E-state index in [-0.39, 0.29) is 24.2 Å². The second kappa shape index (κ2) is 9.29. The van der Waals surface area contributed by atoms with Gasteiger partial charge in [-0.2, -0.15) is 0 Å². The number of benzene rings is 3. The molecule has 1 unspecified atom stereocenters. The number of piperazine rings is 1. The molecule has 160 valence electrons. The van der Waals surface area contributed by atoms with Crippen LogP contribution in [0.2, 0.25) is 10.0 Å². The van der Waals surface area contributed by atoms with Crippen molar-refractivity contribution in [2.75, 3.05) is 24.5 Å². The van der Waals surface area contributed by atoms with E-state index in [2.05, 4.69) is 4.90 Å². The molecule has 1 heterocycles. The van der Waals surface area contributed by atoms with Gasteiger partial charge in [0.15, 0.2) is 0 Å². The van der Waals surface area contributed by atoms with Crippen molar-refractivity contribution in [2.45, 2.75) is 19.4 Å². The van der Waals surface area contributed by atoms with E-state index in [1.165, 1.54) is 6.07 Å². The van der Waals surface area contributed by atoms with Crippen LogP contribution in [-0.4, -0.2) is 30.4 Å². The summed E-state index contributed by atoms with van der Waals surface area (Å²) in [5.41, 5.74) is 3.49. The van der Waals surface area contributed by atoms with Gasteiger partial charge in [-0.15, -0.1) is 0 Å². The van der Waals surface area contributed by atoms with Gasteiger partial charge in [0.2, 0.25) is 5.91 Å². The van der Waals surface area contributed by atoms with E-state index in [0.29, 0.717) is 35.2 Å².